The fraction of sp³-hybridized carbons (Fsp3) is 0.500. The summed E-state index contributed by atoms with van der Waals surface area (Å²) in [5, 5.41) is 11.6. The Bertz CT molecular complexity index is 561. The molecule has 0 amide bonds. The summed E-state index contributed by atoms with van der Waals surface area (Å²) in [7, 11) is 0. The van der Waals surface area contributed by atoms with Gasteiger partial charge >= 0.3 is 0 Å². The molecule has 0 saturated heterocycles. The van der Waals surface area contributed by atoms with Crippen molar-refractivity contribution in [2.24, 2.45) is 0 Å². The zero-order valence-corrected chi connectivity index (χ0v) is 12.7. The second kappa shape index (κ2) is 6.66. The first kappa shape index (κ1) is 14.7. The van der Waals surface area contributed by atoms with Crippen LogP contribution in [0.1, 0.15) is 37.3 Å². The van der Waals surface area contributed by atoms with Crippen molar-refractivity contribution in [2.75, 3.05) is 6.54 Å². The molecule has 1 aromatic carbocycles. The molecule has 0 aliphatic heterocycles. The molecule has 108 valence electrons. The molecule has 1 heterocycles. The van der Waals surface area contributed by atoms with Gasteiger partial charge in [-0.3, -0.25) is 0 Å². The van der Waals surface area contributed by atoms with E-state index in [0.29, 0.717) is 17.8 Å². The smallest absolute Gasteiger partial charge is 0.247 e. The summed E-state index contributed by atoms with van der Waals surface area (Å²) in [6, 6.07) is 6.72. The standard InChI is InChI=1S/C16H23N3O/c1-11(2)17-9-5-6-15-18-19-16(20-15)14-8-7-12(3)13(4)10-14/h7-8,10-11,17H,5-6,9H2,1-4H3. The van der Waals surface area contributed by atoms with Gasteiger partial charge in [0, 0.05) is 18.0 Å². The van der Waals surface area contributed by atoms with Gasteiger partial charge in [0.1, 0.15) is 0 Å². The molecule has 1 aromatic heterocycles. The van der Waals surface area contributed by atoms with Gasteiger partial charge in [-0.25, -0.2) is 0 Å². The maximum atomic E-state index is 5.72. The van der Waals surface area contributed by atoms with E-state index in [-0.39, 0.29) is 0 Å². The third-order valence-corrected chi connectivity index (χ3v) is 3.34. The molecule has 2 rings (SSSR count). The molecule has 1 N–H and O–H groups in total. The van der Waals surface area contributed by atoms with Crippen molar-refractivity contribution in [3.63, 3.8) is 0 Å². The molecule has 0 fully saturated rings. The lowest BCUT2D eigenvalue weighted by Gasteiger charge is -2.05. The number of rotatable bonds is 6. The van der Waals surface area contributed by atoms with E-state index in [2.05, 4.69) is 55.3 Å². The van der Waals surface area contributed by atoms with Gasteiger partial charge in [-0.05, 0) is 50.1 Å². The van der Waals surface area contributed by atoms with Crippen LogP contribution < -0.4 is 5.32 Å². The highest BCUT2D eigenvalue weighted by atomic mass is 16.4. The van der Waals surface area contributed by atoms with E-state index >= 15 is 0 Å². The van der Waals surface area contributed by atoms with Crippen LogP contribution in [0.2, 0.25) is 0 Å². The van der Waals surface area contributed by atoms with Gasteiger partial charge in [0.2, 0.25) is 11.8 Å². The first-order chi connectivity index (χ1) is 9.56. The Kier molecular flexibility index (Phi) is 4.90. The largest absolute Gasteiger partial charge is 0.421 e. The molecule has 0 atom stereocenters. The van der Waals surface area contributed by atoms with Gasteiger partial charge in [-0.2, -0.15) is 0 Å². The van der Waals surface area contributed by atoms with E-state index in [1.54, 1.807) is 0 Å². The molecule has 0 spiro atoms. The topological polar surface area (TPSA) is 51.0 Å². The highest BCUT2D eigenvalue weighted by Gasteiger charge is 2.09. The highest BCUT2D eigenvalue weighted by Crippen LogP contribution is 2.21. The summed E-state index contributed by atoms with van der Waals surface area (Å²) in [6.45, 7) is 9.45. The Labute approximate surface area is 120 Å². The monoisotopic (exact) mass is 273 g/mol. The van der Waals surface area contributed by atoms with Gasteiger partial charge < -0.3 is 9.73 Å². The van der Waals surface area contributed by atoms with Gasteiger partial charge in [-0.1, -0.05) is 19.9 Å². The molecule has 4 heteroatoms. The van der Waals surface area contributed by atoms with Crippen molar-refractivity contribution in [1.82, 2.24) is 15.5 Å². The van der Waals surface area contributed by atoms with Gasteiger partial charge in [0.25, 0.3) is 0 Å². The van der Waals surface area contributed by atoms with Crippen LogP contribution in [-0.4, -0.2) is 22.8 Å². The lowest BCUT2D eigenvalue weighted by Crippen LogP contribution is -2.23. The Hall–Kier alpha value is -1.68. The van der Waals surface area contributed by atoms with Crippen LogP contribution in [0.25, 0.3) is 11.5 Å². The molecule has 0 saturated carbocycles. The number of aryl methyl sites for hydroxylation is 3. The predicted octanol–water partition coefficient (Wildman–Crippen LogP) is 3.28. The average molecular weight is 273 g/mol. The molecular weight excluding hydrogens is 250 g/mol. The summed E-state index contributed by atoms with van der Waals surface area (Å²) in [6.07, 6.45) is 1.82. The Morgan fingerprint density at radius 2 is 1.95 bits per heavy atom. The van der Waals surface area contributed by atoms with Crippen molar-refractivity contribution >= 4 is 0 Å². The minimum atomic E-state index is 0.517. The lowest BCUT2D eigenvalue weighted by atomic mass is 10.1. The molecule has 0 aliphatic rings. The molecule has 0 unspecified atom stereocenters. The van der Waals surface area contributed by atoms with E-state index in [4.69, 9.17) is 4.42 Å². The maximum Gasteiger partial charge on any atom is 0.247 e. The summed E-state index contributed by atoms with van der Waals surface area (Å²) < 4.78 is 5.72. The third kappa shape index (κ3) is 3.90. The Morgan fingerprint density at radius 3 is 2.65 bits per heavy atom. The maximum absolute atomic E-state index is 5.72. The van der Waals surface area contributed by atoms with E-state index in [9.17, 15) is 0 Å². The van der Waals surface area contributed by atoms with Crippen molar-refractivity contribution in [2.45, 2.75) is 46.6 Å². The fourth-order valence-electron chi connectivity index (χ4n) is 1.98. The summed E-state index contributed by atoms with van der Waals surface area (Å²) in [5.41, 5.74) is 3.50. The Balaban J connectivity index is 1.96. The molecule has 2 aromatic rings. The molecule has 0 bridgehead atoms. The molecule has 0 aliphatic carbocycles. The number of hydrogen-bond donors (Lipinski definition) is 1. The molecule has 0 radical (unpaired) electrons. The van der Waals surface area contributed by atoms with Crippen molar-refractivity contribution < 1.29 is 4.42 Å². The minimum absolute atomic E-state index is 0.517. The summed E-state index contributed by atoms with van der Waals surface area (Å²) in [5.74, 6) is 1.32. The van der Waals surface area contributed by atoms with Crippen molar-refractivity contribution in [3.05, 3.63) is 35.2 Å². The van der Waals surface area contributed by atoms with Crippen LogP contribution in [0.15, 0.2) is 22.6 Å². The highest BCUT2D eigenvalue weighted by molar-refractivity contribution is 5.55. The first-order valence-corrected chi connectivity index (χ1v) is 7.19. The van der Waals surface area contributed by atoms with E-state index in [0.717, 1.165) is 24.9 Å². The lowest BCUT2D eigenvalue weighted by molar-refractivity contribution is 0.484. The number of benzene rings is 1. The summed E-state index contributed by atoms with van der Waals surface area (Å²) in [4.78, 5) is 0. The van der Waals surface area contributed by atoms with Crippen LogP contribution in [0.3, 0.4) is 0 Å². The second-order valence-corrected chi connectivity index (χ2v) is 5.51. The number of nitrogens with one attached hydrogen (secondary N) is 1. The van der Waals surface area contributed by atoms with Crippen molar-refractivity contribution in [3.8, 4) is 11.5 Å². The molecule has 4 nitrogen and oxygen atoms in total. The van der Waals surface area contributed by atoms with Crippen molar-refractivity contribution in [1.29, 1.82) is 0 Å². The van der Waals surface area contributed by atoms with Gasteiger partial charge in [-0.15, -0.1) is 10.2 Å². The first-order valence-electron chi connectivity index (χ1n) is 7.19. The fourth-order valence-corrected chi connectivity index (χ4v) is 1.98. The van der Waals surface area contributed by atoms with Gasteiger partial charge in [0.05, 0.1) is 0 Å². The number of aromatic nitrogens is 2. The van der Waals surface area contributed by atoms with Crippen LogP contribution >= 0.6 is 0 Å². The van der Waals surface area contributed by atoms with E-state index in [1.807, 2.05) is 6.07 Å². The number of hydrogen-bond acceptors (Lipinski definition) is 4. The predicted molar refractivity (Wildman–Crippen MR) is 80.7 cm³/mol. The zero-order chi connectivity index (χ0) is 14.5. The quantitative estimate of drug-likeness (QED) is 0.821. The van der Waals surface area contributed by atoms with Gasteiger partial charge in [0.15, 0.2) is 0 Å². The van der Waals surface area contributed by atoms with Crippen LogP contribution in [0.5, 0.6) is 0 Å². The normalized spacial score (nSPS) is 11.2. The SMILES string of the molecule is Cc1ccc(-c2nnc(CCCNC(C)C)o2)cc1C. The number of nitrogens with zero attached hydrogens (tertiary/aromatic N) is 2. The zero-order valence-electron chi connectivity index (χ0n) is 12.7. The van der Waals surface area contributed by atoms with Crippen LogP contribution in [0, 0.1) is 13.8 Å². The molecular formula is C16H23N3O. The average Bonchev–Trinajstić information content (AvgIpc) is 2.86. The molecule has 20 heavy (non-hydrogen) atoms. The van der Waals surface area contributed by atoms with Crippen LogP contribution in [0.4, 0.5) is 0 Å². The third-order valence-electron chi connectivity index (χ3n) is 3.34. The second-order valence-electron chi connectivity index (χ2n) is 5.51. The minimum Gasteiger partial charge on any atom is -0.421 e. The van der Waals surface area contributed by atoms with E-state index < -0.39 is 0 Å². The van der Waals surface area contributed by atoms with Crippen LogP contribution in [-0.2, 0) is 6.42 Å². The summed E-state index contributed by atoms with van der Waals surface area (Å²) >= 11 is 0. The Morgan fingerprint density at radius 1 is 1.15 bits per heavy atom. The van der Waals surface area contributed by atoms with E-state index in [1.165, 1.54) is 11.1 Å².